The first-order valence-corrected chi connectivity index (χ1v) is 6.32. The summed E-state index contributed by atoms with van der Waals surface area (Å²) in [5.41, 5.74) is 0.255. The summed E-state index contributed by atoms with van der Waals surface area (Å²) < 4.78 is 28.5. The Morgan fingerprint density at radius 3 is 2.57 bits per heavy atom. The van der Waals surface area contributed by atoms with Gasteiger partial charge in [-0.05, 0) is 19.1 Å². The number of carbonyl (C=O) groups excluding carboxylic acids is 1. The van der Waals surface area contributed by atoms with Crippen molar-refractivity contribution in [3.05, 3.63) is 47.3 Å². The number of rotatable bonds is 4. The number of nitrogens with zero attached hydrogens (tertiary/aromatic N) is 3. The van der Waals surface area contributed by atoms with Gasteiger partial charge in [-0.3, -0.25) is 4.79 Å². The number of halogens is 2. The molecule has 21 heavy (non-hydrogen) atoms. The minimum atomic E-state index is -0.764. The molecule has 1 amide bonds. The first kappa shape index (κ1) is 15.1. The third-order valence-corrected chi connectivity index (χ3v) is 3.05. The van der Waals surface area contributed by atoms with E-state index in [1.165, 1.54) is 24.2 Å². The van der Waals surface area contributed by atoms with Crippen molar-refractivity contribution in [2.24, 2.45) is 0 Å². The summed E-state index contributed by atoms with van der Waals surface area (Å²) in [5, 5.41) is 12.8. The number of amides is 1. The number of aromatic nitrogens is 2. The van der Waals surface area contributed by atoms with E-state index in [-0.39, 0.29) is 24.5 Å². The quantitative estimate of drug-likeness (QED) is 0.930. The minimum absolute atomic E-state index is 0.0913. The molecule has 1 N–H and O–H groups in total. The molecule has 0 aliphatic carbocycles. The molecule has 112 valence electrons. The van der Waals surface area contributed by atoms with Crippen LogP contribution >= 0.6 is 0 Å². The van der Waals surface area contributed by atoms with Gasteiger partial charge in [0.1, 0.15) is 5.69 Å². The van der Waals surface area contributed by atoms with E-state index in [0.717, 1.165) is 16.8 Å². The largest absolute Gasteiger partial charge is 0.395 e. The number of hydrogen-bond acceptors (Lipinski definition) is 3. The van der Waals surface area contributed by atoms with Gasteiger partial charge in [-0.1, -0.05) is 6.07 Å². The van der Waals surface area contributed by atoms with Gasteiger partial charge in [0.15, 0.2) is 17.3 Å². The number of aryl methyl sites for hydroxylation is 1. The Labute approximate surface area is 120 Å². The van der Waals surface area contributed by atoms with Crippen molar-refractivity contribution in [3.63, 3.8) is 0 Å². The van der Waals surface area contributed by atoms with Crippen molar-refractivity contribution in [2.75, 3.05) is 20.2 Å². The van der Waals surface area contributed by atoms with Crippen molar-refractivity contribution >= 4 is 5.91 Å². The second-order valence-electron chi connectivity index (χ2n) is 4.63. The van der Waals surface area contributed by atoms with E-state index < -0.39 is 17.5 Å². The lowest BCUT2D eigenvalue weighted by molar-refractivity contribution is 0.0760. The Bertz CT molecular complexity index is 650. The molecule has 0 atom stereocenters. The zero-order valence-electron chi connectivity index (χ0n) is 11.7. The van der Waals surface area contributed by atoms with Crippen LogP contribution in [0, 0.1) is 18.6 Å². The van der Waals surface area contributed by atoms with Crippen LogP contribution in [0.1, 0.15) is 16.1 Å². The fourth-order valence-corrected chi connectivity index (χ4v) is 1.93. The molecule has 0 unspecified atom stereocenters. The number of aliphatic hydroxyl groups excluding tert-OH is 1. The van der Waals surface area contributed by atoms with Crippen molar-refractivity contribution in [3.8, 4) is 5.69 Å². The molecule has 0 bridgehead atoms. The second kappa shape index (κ2) is 6.01. The van der Waals surface area contributed by atoms with E-state index in [4.69, 9.17) is 5.11 Å². The molecule has 0 spiro atoms. The number of para-hydroxylation sites is 1. The summed E-state index contributed by atoms with van der Waals surface area (Å²) in [7, 11) is 1.51. The standard InChI is InChI=1S/C14H15F2N3O2/c1-9-8-19(13-10(15)4-3-5-11(13)16)17-12(9)14(21)18(2)6-7-20/h3-5,8,20H,6-7H2,1-2H3. The Balaban J connectivity index is 2.42. The summed E-state index contributed by atoms with van der Waals surface area (Å²) in [4.78, 5) is 13.4. The van der Waals surface area contributed by atoms with Crippen LogP contribution in [0.3, 0.4) is 0 Å². The maximum absolute atomic E-state index is 13.7. The molecule has 0 radical (unpaired) electrons. The van der Waals surface area contributed by atoms with Crippen LogP contribution in [0.5, 0.6) is 0 Å². The number of carbonyl (C=O) groups is 1. The maximum atomic E-state index is 13.7. The minimum Gasteiger partial charge on any atom is -0.395 e. The van der Waals surface area contributed by atoms with Gasteiger partial charge >= 0.3 is 0 Å². The Morgan fingerprint density at radius 1 is 1.38 bits per heavy atom. The van der Waals surface area contributed by atoms with Gasteiger partial charge in [0.05, 0.1) is 6.61 Å². The molecular weight excluding hydrogens is 280 g/mol. The van der Waals surface area contributed by atoms with E-state index in [2.05, 4.69) is 5.10 Å². The highest BCUT2D eigenvalue weighted by Gasteiger charge is 2.20. The molecule has 2 rings (SSSR count). The summed E-state index contributed by atoms with van der Waals surface area (Å²) in [6, 6.07) is 3.50. The van der Waals surface area contributed by atoms with E-state index in [1.54, 1.807) is 6.92 Å². The van der Waals surface area contributed by atoms with E-state index in [9.17, 15) is 13.6 Å². The van der Waals surface area contributed by atoms with Crippen molar-refractivity contribution in [1.29, 1.82) is 0 Å². The third-order valence-electron chi connectivity index (χ3n) is 3.05. The molecule has 0 fully saturated rings. The van der Waals surface area contributed by atoms with Gasteiger partial charge < -0.3 is 10.0 Å². The molecule has 0 saturated carbocycles. The SMILES string of the molecule is Cc1cn(-c2c(F)cccc2F)nc1C(=O)N(C)CCO. The molecule has 1 aromatic heterocycles. The number of hydrogen-bond donors (Lipinski definition) is 1. The molecule has 7 heteroatoms. The highest BCUT2D eigenvalue weighted by molar-refractivity contribution is 5.93. The van der Waals surface area contributed by atoms with Gasteiger partial charge in [-0.2, -0.15) is 5.10 Å². The average Bonchev–Trinajstić information content (AvgIpc) is 2.79. The van der Waals surface area contributed by atoms with Gasteiger partial charge in [0.25, 0.3) is 5.91 Å². The molecule has 1 aromatic carbocycles. The van der Waals surface area contributed by atoms with E-state index in [0.29, 0.717) is 5.56 Å². The molecular formula is C14H15F2N3O2. The Kier molecular flexibility index (Phi) is 4.32. The second-order valence-corrected chi connectivity index (χ2v) is 4.63. The number of benzene rings is 1. The van der Waals surface area contributed by atoms with Crippen molar-refractivity contribution < 1.29 is 18.7 Å². The maximum Gasteiger partial charge on any atom is 0.274 e. The fourth-order valence-electron chi connectivity index (χ4n) is 1.93. The predicted molar refractivity (Wildman–Crippen MR) is 72.3 cm³/mol. The molecule has 0 aliphatic heterocycles. The molecule has 1 heterocycles. The van der Waals surface area contributed by atoms with Crippen molar-refractivity contribution in [1.82, 2.24) is 14.7 Å². The van der Waals surface area contributed by atoms with Gasteiger partial charge in [0, 0.05) is 25.4 Å². The topological polar surface area (TPSA) is 58.4 Å². The average molecular weight is 295 g/mol. The highest BCUT2D eigenvalue weighted by Crippen LogP contribution is 2.19. The normalized spacial score (nSPS) is 10.7. The van der Waals surface area contributed by atoms with Crippen LogP contribution in [0.4, 0.5) is 8.78 Å². The summed E-state index contributed by atoms with van der Waals surface area (Å²) >= 11 is 0. The summed E-state index contributed by atoms with van der Waals surface area (Å²) in [6.45, 7) is 1.60. The molecule has 0 aliphatic rings. The van der Waals surface area contributed by atoms with Gasteiger partial charge in [-0.25, -0.2) is 13.5 Å². The summed E-state index contributed by atoms with van der Waals surface area (Å²) in [5.74, 6) is -1.95. The lowest BCUT2D eigenvalue weighted by atomic mass is 10.2. The Hall–Kier alpha value is -2.28. The fraction of sp³-hybridized carbons (Fsp3) is 0.286. The first-order valence-electron chi connectivity index (χ1n) is 6.32. The number of likely N-dealkylation sites (N-methyl/N-ethyl adjacent to an activating group) is 1. The zero-order chi connectivity index (χ0) is 15.6. The predicted octanol–water partition coefficient (Wildman–Crippen LogP) is 1.52. The van der Waals surface area contributed by atoms with Crippen LogP contribution in [0.2, 0.25) is 0 Å². The van der Waals surface area contributed by atoms with E-state index in [1.807, 2.05) is 0 Å². The lowest BCUT2D eigenvalue weighted by Crippen LogP contribution is -2.30. The summed E-state index contributed by atoms with van der Waals surface area (Å²) in [6.07, 6.45) is 1.39. The smallest absolute Gasteiger partial charge is 0.274 e. The monoisotopic (exact) mass is 295 g/mol. The van der Waals surface area contributed by atoms with E-state index >= 15 is 0 Å². The molecule has 5 nitrogen and oxygen atoms in total. The lowest BCUT2D eigenvalue weighted by Gasteiger charge is -2.14. The van der Waals surface area contributed by atoms with Gasteiger partial charge in [0.2, 0.25) is 0 Å². The van der Waals surface area contributed by atoms with Crippen LogP contribution in [-0.2, 0) is 0 Å². The Morgan fingerprint density at radius 2 is 2.00 bits per heavy atom. The number of aliphatic hydroxyl groups is 1. The highest BCUT2D eigenvalue weighted by atomic mass is 19.1. The van der Waals surface area contributed by atoms with Crippen LogP contribution in [-0.4, -0.2) is 45.9 Å². The van der Waals surface area contributed by atoms with Crippen LogP contribution in [0.15, 0.2) is 24.4 Å². The first-order chi connectivity index (χ1) is 9.95. The van der Waals surface area contributed by atoms with Crippen molar-refractivity contribution in [2.45, 2.75) is 6.92 Å². The molecule has 0 saturated heterocycles. The van der Waals surface area contributed by atoms with Crippen LogP contribution < -0.4 is 0 Å². The third kappa shape index (κ3) is 2.92. The van der Waals surface area contributed by atoms with Crippen LogP contribution in [0.25, 0.3) is 5.69 Å². The zero-order valence-corrected chi connectivity index (χ0v) is 11.7. The van der Waals surface area contributed by atoms with Gasteiger partial charge in [-0.15, -0.1) is 0 Å². The molecule has 2 aromatic rings.